The zero-order valence-electron chi connectivity index (χ0n) is 18.6. The Bertz CT molecular complexity index is 991. The minimum absolute atomic E-state index is 0.0837. The summed E-state index contributed by atoms with van der Waals surface area (Å²) < 4.78 is 22.3. The summed E-state index contributed by atoms with van der Waals surface area (Å²) in [6, 6.07) is 10.4. The highest BCUT2D eigenvalue weighted by molar-refractivity contribution is 5.91. The van der Waals surface area contributed by atoms with Crippen molar-refractivity contribution in [3.05, 3.63) is 47.5 Å². The monoisotopic (exact) mass is 440 g/mol. The van der Waals surface area contributed by atoms with Crippen molar-refractivity contribution in [3.8, 4) is 23.0 Å². The molecule has 2 amide bonds. The highest BCUT2D eigenvalue weighted by atomic mass is 16.5. The van der Waals surface area contributed by atoms with Crippen LogP contribution in [0.4, 0.5) is 0 Å². The maximum atomic E-state index is 13.3. The van der Waals surface area contributed by atoms with Crippen LogP contribution in [0.15, 0.2) is 36.4 Å². The Kier molecular flexibility index (Phi) is 6.39. The zero-order chi connectivity index (χ0) is 22.7. The lowest BCUT2D eigenvalue weighted by atomic mass is 9.91. The molecule has 1 fully saturated rings. The van der Waals surface area contributed by atoms with Crippen LogP contribution in [-0.4, -0.2) is 57.2 Å². The number of methoxy groups -OCH3 is 3. The Morgan fingerprint density at radius 2 is 1.69 bits per heavy atom. The zero-order valence-corrected chi connectivity index (χ0v) is 18.6. The molecule has 2 heterocycles. The van der Waals surface area contributed by atoms with Crippen LogP contribution in [0.3, 0.4) is 0 Å². The van der Waals surface area contributed by atoms with Crippen molar-refractivity contribution in [1.29, 1.82) is 0 Å². The highest BCUT2D eigenvalue weighted by Crippen LogP contribution is 2.39. The van der Waals surface area contributed by atoms with Crippen molar-refractivity contribution < 1.29 is 28.5 Å². The van der Waals surface area contributed by atoms with Crippen molar-refractivity contribution in [2.75, 3.05) is 34.5 Å². The minimum atomic E-state index is -0.493. The van der Waals surface area contributed by atoms with Gasteiger partial charge in [-0.05, 0) is 60.4 Å². The van der Waals surface area contributed by atoms with E-state index in [1.807, 2.05) is 41.3 Å². The third kappa shape index (κ3) is 4.30. The summed E-state index contributed by atoms with van der Waals surface area (Å²) in [7, 11) is 4.81. The van der Waals surface area contributed by atoms with Crippen LogP contribution in [0.1, 0.15) is 30.0 Å². The number of ether oxygens (including phenoxy) is 4. The molecule has 4 rings (SSSR count). The van der Waals surface area contributed by atoms with Gasteiger partial charge in [0, 0.05) is 13.0 Å². The van der Waals surface area contributed by atoms with E-state index in [1.54, 1.807) is 21.3 Å². The summed E-state index contributed by atoms with van der Waals surface area (Å²) in [4.78, 5) is 26.8. The van der Waals surface area contributed by atoms with Gasteiger partial charge in [0.15, 0.2) is 11.5 Å². The largest absolute Gasteiger partial charge is 0.497 e. The van der Waals surface area contributed by atoms with Gasteiger partial charge in [0.25, 0.3) is 0 Å². The maximum Gasteiger partial charge on any atom is 0.245 e. The van der Waals surface area contributed by atoms with E-state index >= 15 is 0 Å². The van der Waals surface area contributed by atoms with Gasteiger partial charge >= 0.3 is 0 Å². The van der Waals surface area contributed by atoms with Crippen molar-refractivity contribution >= 4 is 11.8 Å². The molecule has 0 spiro atoms. The molecule has 32 heavy (non-hydrogen) atoms. The number of nitrogens with zero attached hydrogens (tertiary/aromatic N) is 1. The van der Waals surface area contributed by atoms with Gasteiger partial charge in [0.05, 0.1) is 27.4 Å². The average Bonchev–Trinajstić information content (AvgIpc) is 3.27. The first kappa shape index (κ1) is 21.8. The van der Waals surface area contributed by atoms with Gasteiger partial charge in [-0.1, -0.05) is 0 Å². The van der Waals surface area contributed by atoms with E-state index < -0.39 is 6.04 Å². The van der Waals surface area contributed by atoms with Crippen LogP contribution in [0.5, 0.6) is 23.0 Å². The molecule has 2 aromatic carbocycles. The SMILES string of the molecule is COc1ccc(OCC2c3cc(OC)c(OC)cc3CCN2C(=O)C2CCC(=O)N2)cc1. The van der Waals surface area contributed by atoms with E-state index in [2.05, 4.69) is 5.32 Å². The molecule has 2 aliphatic rings. The third-order valence-corrected chi connectivity index (χ3v) is 6.05. The highest BCUT2D eigenvalue weighted by Gasteiger charge is 2.38. The van der Waals surface area contributed by atoms with Crippen molar-refractivity contribution in [2.45, 2.75) is 31.3 Å². The van der Waals surface area contributed by atoms with Crippen molar-refractivity contribution in [1.82, 2.24) is 10.2 Å². The third-order valence-electron chi connectivity index (χ3n) is 6.05. The number of carbonyl (C=O) groups excluding carboxylic acids is 2. The standard InChI is InChI=1S/C24H28N2O6/c1-29-16-4-6-17(7-5-16)32-14-20-18-13-22(31-3)21(30-2)12-15(18)10-11-26(20)24(28)19-8-9-23(27)25-19/h4-7,12-13,19-20H,8-11,14H2,1-3H3,(H,25,27). The van der Waals surface area contributed by atoms with Gasteiger partial charge in [0.1, 0.15) is 24.1 Å². The molecule has 2 aromatic rings. The van der Waals surface area contributed by atoms with E-state index in [-0.39, 0.29) is 24.5 Å². The van der Waals surface area contributed by atoms with Gasteiger partial charge in [0.2, 0.25) is 11.8 Å². The topological polar surface area (TPSA) is 86.3 Å². The van der Waals surface area contributed by atoms with E-state index in [4.69, 9.17) is 18.9 Å². The minimum Gasteiger partial charge on any atom is -0.497 e. The van der Waals surface area contributed by atoms with Crippen LogP contribution in [0.25, 0.3) is 0 Å². The molecule has 0 bridgehead atoms. The van der Waals surface area contributed by atoms with Crippen molar-refractivity contribution in [3.63, 3.8) is 0 Å². The molecule has 2 unspecified atom stereocenters. The first-order chi connectivity index (χ1) is 15.5. The molecule has 2 aliphatic heterocycles. The summed E-state index contributed by atoms with van der Waals surface area (Å²) in [5.41, 5.74) is 2.05. The quantitative estimate of drug-likeness (QED) is 0.712. The second-order valence-electron chi connectivity index (χ2n) is 7.85. The molecule has 1 N–H and O–H groups in total. The second-order valence-corrected chi connectivity index (χ2v) is 7.85. The Morgan fingerprint density at radius 3 is 2.31 bits per heavy atom. The molecule has 0 radical (unpaired) electrons. The average molecular weight is 440 g/mol. The molecular formula is C24H28N2O6. The summed E-state index contributed by atoms with van der Waals surface area (Å²) in [5, 5.41) is 2.79. The molecule has 0 saturated carbocycles. The summed E-state index contributed by atoms with van der Waals surface area (Å²) in [5.74, 6) is 2.51. The fourth-order valence-corrected chi connectivity index (χ4v) is 4.32. The smallest absolute Gasteiger partial charge is 0.245 e. The molecule has 0 aliphatic carbocycles. The molecular weight excluding hydrogens is 412 g/mol. The molecule has 0 aromatic heterocycles. The first-order valence-corrected chi connectivity index (χ1v) is 10.7. The van der Waals surface area contributed by atoms with Crippen LogP contribution < -0.4 is 24.3 Å². The second kappa shape index (κ2) is 9.38. The number of hydrogen-bond donors (Lipinski definition) is 1. The lowest BCUT2D eigenvalue weighted by molar-refractivity contribution is -0.137. The number of nitrogens with one attached hydrogen (secondary N) is 1. The van der Waals surface area contributed by atoms with E-state index in [9.17, 15) is 9.59 Å². The number of rotatable bonds is 7. The molecule has 1 saturated heterocycles. The molecule has 8 nitrogen and oxygen atoms in total. The lowest BCUT2D eigenvalue weighted by Gasteiger charge is -2.38. The predicted octanol–water partition coefficient (Wildman–Crippen LogP) is 2.50. The lowest BCUT2D eigenvalue weighted by Crippen LogP contribution is -2.49. The van der Waals surface area contributed by atoms with Gasteiger partial charge in [-0.2, -0.15) is 0 Å². The molecule has 8 heteroatoms. The van der Waals surface area contributed by atoms with Gasteiger partial charge < -0.3 is 29.2 Å². The molecule has 170 valence electrons. The maximum absolute atomic E-state index is 13.3. The van der Waals surface area contributed by atoms with Crippen LogP contribution in [-0.2, 0) is 16.0 Å². The number of carbonyl (C=O) groups is 2. The number of hydrogen-bond acceptors (Lipinski definition) is 6. The number of amides is 2. The Morgan fingerprint density at radius 1 is 1.00 bits per heavy atom. The van der Waals surface area contributed by atoms with Gasteiger partial charge in [-0.15, -0.1) is 0 Å². The van der Waals surface area contributed by atoms with Gasteiger partial charge in [-0.3, -0.25) is 9.59 Å². The Labute approximate surface area is 187 Å². The summed E-state index contributed by atoms with van der Waals surface area (Å²) >= 11 is 0. The van der Waals surface area contributed by atoms with Crippen LogP contribution in [0.2, 0.25) is 0 Å². The summed E-state index contributed by atoms with van der Waals surface area (Å²) in [6.45, 7) is 0.797. The Hall–Kier alpha value is -3.42. The van der Waals surface area contributed by atoms with E-state index in [0.717, 1.165) is 16.9 Å². The van der Waals surface area contributed by atoms with Crippen molar-refractivity contribution in [2.24, 2.45) is 0 Å². The van der Waals surface area contributed by atoms with E-state index in [1.165, 1.54) is 0 Å². The van der Waals surface area contributed by atoms with Gasteiger partial charge in [-0.25, -0.2) is 0 Å². The normalized spacial score (nSPS) is 19.7. The fraction of sp³-hybridized carbons (Fsp3) is 0.417. The predicted molar refractivity (Wildman–Crippen MR) is 117 cm³/mol. The summed E-state index contributed by atoms with van der Waals surface area (Å²) in [6.07, 6.45) is 1.57. The van der Waals surface area contributed by atoms with Crippen LogP contribution >= 0.6 is 0 Å². The Balaban J connectivity index is 1.64. The first-order valence-electron chi connectivity index (χ1n) is 10.7. The van der Waals surface area contributed by atoms with Crippen LogP contribution in [0, 0.1) is 0 Å². The number of benzene rings is 2. The number of fused-ring (bicyclic) bond motifs is 1. The fourth-order valence-electron chi connectivity index (χ4n) is 4.32. The molecule has 2 atom stereocenters. The van der Waals surface area contributed by atoms with E-state index in [0.29, 0.717) is 43.1 Å².